The van der Waals surface area contributed by atoms with Gasteiger partial charge in [0.2, 0.25) is 0 Å². The van der Waals surface area contributed by atoms with Crippen LogP contribution in [0.4, 0.5) is 0 Å². The van der Waals surface area contributed by atoms with Crippen molar-refractivity contribution in [3.05, 3.63) is 0 Å². The molecular weight excluding hydrogens is 376 g/mol. The fourth-order valence-electron chi connectivity index (χ4n) is 3.53. The molecule has 0 unspecified atom stereocenters. The maximum Gasteiger partial charge on any atom is 0.305 e. The Morgan fingerprint density at radius 3 is 1.17 bits per heavy atom. The van der Waals surface area contributed by atoms with Gasteiger partial charge in [0.15, 0.2) is 0 Å². The summed E-state index contributed by atoms with van der Waals surface area (Å²) in [5.41, 5.74) is 0. The van der Waals surface area contributed by atoms with Gasteiger partial charge in [0.25, 0.3) is 0 Å². The molecule has 0 N–H and O–H groups in total. The van der Waals surface area contributed by atoms with Crippen LogP contribution in [0.5, 0.6) is 0 Å². The van der Waals surface area contributed by atoms with E-state index in [4.69, 9.17) is 9.47 Å². The molecule has 0 radical (unpaired) electrons. The third kappa shape index (κ3) is 23.2. The fourth-order valence-corrected chi connectivity index (χ4v) is 3.53. The molecule has 0 atom stereocenters. The molecule has 0 spiro atoms. The van der Waals surface area contributed by atoms with Gasteiger partial charge in [-0.15, -0.1) is 0 Å². The summed E-state index contributed by atoms with van der Waals surface area (Å²) in [4.78, 5) is 23.3. The Hall–Kier alpha value is -1.06. The van der Waals surface area contributed by atoms with Gasteiger partial charge in [0.1, 0.15) is 0 Å². The number of rotatable bonds is 23. The molecule has 30 heavy (non-hydrogen) atoms. The van der Waals surface area contributed by atoms with Crippen molar-refractivity contribution in [2.45, 2.75) is 142 Å². The number of ether oxygens (including phenoxy) is 2. The first-order valence-electron chi connectivity index (χ1n) is 13.0. The van der Waals surface area contributed by atoms with E-state index >= 15 is 0 Å². The van der Waals surface area contributed by atoms with Gasteiger partial charge < -0.3 is 9.47 Å². The molecule has 0 aromatic rings. The summed E-state index contributed by atoms with van der Waals surface area (Å²) in [6, 6.07) is 0. The van der Waals surface area contributed by atoms with Crippen molar-refractivity contribution in [2.24, 2.45) is 0 Å². The summed E-state index contributed by atoms with van der Waals surface area (Å²) in [5, 5.41) is 0. The molecule has 0 aliphatic heterocycles. The normalized spacial score (nSPS) is 10.9. The average Bonchev–Trinajstić information content (AvgIpc) is 2.74. The first-order valence-corrected chi connectivity index (χ1v) is 13.0. The molecule has 0 rings (SSSR count). The lowest BCUT2D eigenvalue weighted by molar-refractivity contribution is -0.144. The van der Waals surface area contributed by atoms with Crippen molar-refractivity contribution < 1.29 is 19.1 Å². The zero-order valence-electron chi connectivity index (χ0n) is 20.2. The largest absolute Gasteiger partial charge is 0.466 e. The van der Waals surface area contributed by atoms with E-state index in [2.05, 4.69) is 13.8 Å². The third-order valence-electron chi connectivity index (χ3n) is 5.53. The lowest BCUT2D eigenvalue weighted by Gasteiger charge is -2.06. The lowest BCUT2D eigenvalue weighted by atomic mass is 10.1. The summed E-state index contributed by atoms with van der Waals surface area (Å²) in [6.07, 6.45) is 22.3. The van der Waals surface area contributed by atoms with Crippen LogP contribution in [0.2, 0.25) is 0 Å². The maximum absolute atomic E-state index is 11.7. The first kappa shape index (κ1) is 28.9. The summed E-state index contributed by atoms with van der Waals surface area (Å²) in [5.74, 6) is -0.208. The number of unbranched alkanes of at least 4 members (excludes halogenated alkanes) is 15. The predicted molar refractivity (Wildman–Crippen MR) is 126 cm³/mol. The molecule has 0 aromatic carbocycles. The highest BCUT2D eigenvalue weighted by molar-refractivity contribution is 5.69. The molecule has 0 amide bonds. The van der Waals surface area contributed by atoms with Gasteiger partial charge in [-0.1, -0.05) is 104 Å². The van der Waals surface area contributed by atoms with Gasteiger partial charge in [0, 0.05) is 12.8 Å². The van der Waals surface area contributed by atoms with Crippen LogP contribution in [0.3, 0.4) is 0 Å². The van der Waals surface area contributed by atoms with Crippen LogP contribution >= 0.6 is 0 Å². The Morgan fingerprint density at radius 1 is 0.433 bits per heavy atom. The molecule has 0 aliphatic carbocycles. The predicted octanol–water partition coefficient (Wildman–Crippen LogP) is 7.91. The number of esters is 2. The van der Waals surface area contributed by atoms with Crippen molar-refractivity contribution in [2.75, 3.05) is 13.2 Å². The molecule has 0 saturated carbocycles. The van der Waals surface area contributed by atoms with E-state index < -0.39 is 0 Å². The zero-order valence-corrected chi connectivity index (χ0v) is 20.2. The summed E-state index contributed by atoms with van der Waals surface area (Å²) in [6.45, 7) is 5.49. The Bertz CT molecular complexity index is 381. The van der Waals surface area contributed by atoms with Crippen molar-refractivity contribution >= 4 is 11.9 Å². The molecule has 4 nitrogen and oxygen atoms in total. The van der Waals surface area contributed by atoms with Crippen molar-refractivity contribution in [1.82, 2.24) is 0 Å². The Labute approximate surface area is 186 Å². The van der Waals surface area contributed by atoms with Crippen LogP contribution in [-0.2, 0) is 19.1 Å². The Kier molecular flexibility index (Phi) is 23.4. The van der Waals surface area contributed by atoms with Gasteiger partial charge in [-0.3, -0.25) is 9.59 Å². The summed E-state index contributed by atoms with van der Waals surface area (Å²) >= 11 is 0. The second-order valence-electron chi connectivity index (χ2n) is 8.60. The standard InChI is InChI=1S/C26H50O4/c1-3-5-7-8-9-10-11-12-13-14-15-20-24-30-26(28)22-18-16-17-21-25(27)29-23-19-6-4-2/h3-24H2,1-2H3. The van der Waals surface area contributed by atoms with E-state index in [0.717, 1.165) is 51.4 Å². The van der Waals surface area contributed by atoms with Gasteiger partial charge >= 0.3 is 11.9 Å². The summed E-state index contributed by atoms with van der Waals surface area (Å²) in [7, 11) is 0. The molecule has 0 saturated heterocycles. The number of carbonyl (C=O) groups excluding carboxylic acids is 2. The monoisotopic (exact) mass is 426 g/mol. The molecule has 0 fully saturated rings. The first-order chi connectivity index (χ1) is 14.7. The highest BCUT2D eigenvalue weighted by atomic mass is 16.5. The minimum atomic E-state index is -0.111. The average molecular weight is 427 g/mol. The summed E-state index contributed by atoms with van der Waals surface area (Å²) < 4.78 is 10.5. The highest BCUT2D eigenvalue weighted by Gasteiger charge is 2.05. The maximum atomic E-state index is 11.7. The van der Waals surface area contributed by atoms with Crippen LogP contribution in [-0.4, -0.2) is 25.2 Å². The van der Waals surface area contributed by atoms with Crippen LogP contribution in [0.1, 0.15) is 142 Å². The van der Waals surface area contributed by atoms with Crippen molar-refractivity contribution in [1.29, 1.82) is 0 Å². The van der Waals surface area contributed by atoms with Crippen LogP contribution in [0.15, 0.2) is 0 Å². The van der Waals surface area contributed by atoms with E-state index in [1.807, 2.05) is 0 Å². The zero-order chi connectivity index (χ0) is 22.1. The smallest absolute Gasteiger partial charge is 0.305 e. The quantitative estimate of drug-likeness (QED) is 0.123. The van der Waals surface area contributed by atoms with Gasteiger partial charge in [-0.2, -0.15) is 0 Å². The van der Waals surface area contributed by atoms with Gasteiger partial charge in [-0.25, -0.2) is 0 Å². The molecule has 0 aromatic heterocycles. The lowest BCUT2D eigenvalue weighted by Crippen LogP contribution is -2.07. The van der Waals surface area contributed by atoms with Crippen LogP contribution < -0.4 is 0 Å². The van der Waals surface area contributed by atoms with E-state index in [1.54, 1.807) is 0 Å². The minimum Gasteiger partial charge on any atom is -0.466 e. The van der Waals surface area contributed by atoms with Crippen LogP contribution in [0, 0.1) is 0 Å². The molecule has 4 heteroatoms. The van der Waals surface area contributed by atoms with E-state index in [1.165, 1.54) is 64.2 Å². The Balaban J connectivity index is 3.24. The molecule has 178 valence electrons. The Morgan fingerprint density at radius 2 is 0.733 bits per heavy atom. The SMILES string of the molecule is CCCCCCCCCCCCCCOC(=O)CCCCCC(=O)OCCCCC. The number of hydrogen-bond acceptors (Lipinski definition) is 4. The second kappa shape index (κ2) is 24.2. The topological polar surface area (TPSA) is 52.6 Å². The number of carbonyl (C=O) groups is 2. The van der Waals surface area contributed by atoms with E-state index in [-0.39, 0.29) is 11.9 Å². The fraction of sp³-hybridized carbons (Fsp3) is 0.923. The van der Waals surface area contributed by atoms with Crippen molar-refractivity contribution in [3.8, 4) is 0 Å². The van der Waals surface area contributed by atoms with E-state index in [9.17, 15) is 9.59 Å². The number of hydrogen-bond donors (Lipinski definition) is 0. The van der Waals surface area contributed by atoms with Gasteiger partial charge in [0.05, 0.1) is 13.2 Å². The molecular formula is C26H50O4. The second-order valence-corrected chi connectivity index (χ2v) is 8.60. The van der Waals surface area contributed by atoms with Crippen LogP contribution in [0.25, 0.3) is 0 Å². The molecule has 0 aliphatic rings. The van der Waals surface area contributed by atoms with E-state index in [0.29, 0.717) is 26.1 Å². The minimum absolute atomic E-state index is 0.0970. The highest BCUT2D eigenvalue weighted by Crippen LogP contribution is 2.12. The third-order valence-corrected chi connectivity index (χ3v) is 5.53. The molecule has 0 bridgehead atoms. The van der Waals surface area contributed by atoms with Gasteiger partial charge in [-0.05, 0) is 25.7 Å². The van der Waals surface area contributed by atoms with Crippen molar-refractivity contribution in [3.63, 3.8) is 0 Å². The molecule has 0 heterocycles.